The number of carboxylic acids is 1. The van der Waals surface area contributed by atoms with Gasteiger partial charge in [-0.15, -0.1) is 0 Å². The van der Waals surface area contributed by atoms with Crippen molar-refractivity contribution in [2.45, 2.75) is 17.4 Å². The highest BCUT2D eigenvalue weighted by molar-refractivity contribution is 7.89. The second-order valence-electron chi connectivity index (χ2n) is 4.31. The maximum atomic E-state index is 12.1. The number of imidazole rings is 1. The fourth-order valence-corrected chi connectivity index (χ4v) is 2.93. The van der Waals surface area contributed by atoms with Crippen LogP contribution < -0.4 is 4.72 Å². The lowest BCUT2D eigenvalue weighted by Gasteiger charge is -2.13. The quantitative estimate of drug-likeness (QED) is 0.678. The number of hydrogen-bond donors (Lipinski definition) is 3. The van der Waals surface area contributed by atoms with E-state index in [-0.39, 0.29) is 11.3 Å². The predicted molar refractivity (Wildman–Crippen MR) is 69.5 cm³/mol. The molecule has 0 aliphatic carbocycles. The number of carbonyl (C=O) groups is 1. The van der Waals surface area contributed by atoms with Crippen LogP contribution >= 0.6 is 0 Å². The average Bonchev–Trinajstić information content (AvgIpc) is 2.99. The highest BCUT2D eigenvalue weighted by atomic mass is 32.2. The van der Waals surface area contributed by atoms with Crippen molar-refractivity contribution in [2.24, 2.45) is 7.05 Å². The summed E-state index contributed by atoms with van der Waals surface area (Å²) in [6.45, 7) is 0. The van der Waals surface area contributed by atoms with E-state index in [1.807, 2.05) is 0 Å². The number of sulfonamides is 1. The molecule has 0 fully saturated rings. The summed E-state index contributed by atoms with van der Waals surface area (Å²) in [4.78, 5) is 17.7. The number of rotatable bonds is 6. The lowest BCUT2D eigenvalue weighted by Crippen LogP contribution is -2.42. The Kier molecular flexibility index (Phi) is 3.91. The molecule has 0 radical (unpaired) electrons. The second kappa shape index (κ2) is 5.47. The third kappa shape index (κ3) is 3.25. The molecule has 108 valence electrons. The molecule has 0 aromatic carbocycles. The molecule has 2 heterocycles. The van der Waals surface area contributed by atoms with E-state index < -0.39 is 22.0 Å². The Morgan fingerprint density at radius 1 is 1.60 bits per heavy atom. The van der Waals surface area contributed by atoms with Gasteiger partial charge >= 0.3 is 5.97 Å². The minimum absolute atomic E-state index is 0.0125. The first-order chi connectivity index (χ1) is 9.38. The van der Waals surface area contributed by atoms with Gasteiger partial charge in [0.05, 0.1) is 11.2 Å². The molecule has 0 aliphatic heterocycles. The standard InChI is InChI=1S/C11H14N4O4S/c1-15-3-2-9(6-15)20(18,19)14-10(11(16)17)4-8-5-12-7-13-8/h2-3,5-7,10,14H,4H2,1H3,(H,12,13)(H,16,17)/t10-/m1/s1. The molecular formula is C11H14N4O4S. The first-order valence-electron chi connectivity index (χ1n) is 5.73. The number of H-pyrrole nitrogens is 1. The molecule has 0 saturated carbocycles. The molecule has 2 rings (SSSR count). The van der Waals surface area contributed by atoms with Gasteiger partial charge in [0.15, 0.2) is 0 Å². The van der Waals surface area contributed by atoms with E-state index in [4.69, 9.17) is 5.11 Å². The van der Waals surface area contributed by atoms with Gasteiger partial charge in [-0.2, -0.15) is 4.72 Å². The Labute approximate surface area is 115 Å². The molecule has 2 aromatic heterocycles. The third-order valence-corrected chi connectivity index (χ3v) is 4.15. The van der Waals surface area contributed by atoms with E-state index in [1.165, 1.54) is 24.8 Å². The van der Waals surface area contributed by atoms with Crippen molar-refractivity contribution in [2.75, 3.05) is 0 Å². The van der Waals surface area contributed by atoms with E-state index in [2.05, 4.69) is 14.7 Å². The van der Waals surface area contributed by atoms with Crippen LogP contribution in [0, 0.1) is 0 Å². The van der Waals surface area contributed by atoms with Gasteiger partial charge in [-0.05, 0) is 6.07 Å². The maximum absolute atomic E-state index is 12.1. The summed E-state index contributed by atoms with van der Waals surface area (Å²) in [7, 11) is -2.19. The number of carboxylic acid groups (broad SMARTS) is 1. The highest BCUT2D eigenvalue weighted by Crippen LogP contribution is 2.10. The molecule has 0 saturated heterocycles. The largest absolute Gasteiger partial charge is 0.480 e. The van der Waals surface area contributed by atoms with Crippen LogP contribution in [-0.4, -0.2) is 40.1 Å². The molecule has 9 heteroatoms. The van der Waals surface area contributed by atoms with Crippen LogP contribution in [0.2, 0.25) is 0 Å². The number of nitrogens with one attached hydrogen (secondary N) is 2. The van der Waals surface area contributed by atoms with Crippen molar-refractivity contribution < 1.29 is 18.3 Å². The minimum Gasteiger partial charge on any atom is -0.480 e. The van der Waals surface area contributed by atoms with Crippen molar-refractivity contribution in [3.63, 3.8) is 0 Å². The first kappa shape index (κ1) is 14.3. The molecule has 8 nitrogen and oxygen atoms in total. The smallest absolute Gasteiger partial charge is 0.322 e. The van der Waals surface area contributed by atoms with Gasteiger partial charge in [0, 0.05) is 37.8 Å². The van der Waals surface area contributed by atoms with Crippen LogP contribution in [-0.2, 0) is 28.3 Å². The summed E-state index contributed by atoms with van der Waals surface area (Å²) in [5.41, 5.74) is 0.535. The molecule has 3 N–H and O–H groups in total. The maximum Gasteiger partial charge on any atom is 0.322 e. The first-order valence-corrected chi connectivity index (χ1v) is 7.21. The number of nitrogens with zero attached hydrogens (tertiary/aromatic N) is 2. The lowest BCUT2D eigenvalue weighted by molar-refractivity contribution is -0.138. The Morgan fingerprint density at radius 3 is 2.85 bits per heavy atom. The van der Waals surface area contributed by atoms with Crippen LogP contribution in [0.5, 0.6) is 0 Å². The Hall–Kier alpha value is -2.13. The zero-order valence-corrected chi connectivity index (χ0v) is 11.5. The predicted octanol–water partition coefficient (Wildman–Crippen LogP) is -0.278. The topological polar surface area (TPSA) is 117 Å². The van der Waals surface area contributed by atoms with Gasteiger partial charge in [-0.25, -0.2) is 13.4 Å². The number of aryl methyl sites for hydroxylation is 1. The van der Waals surface area contributed by atoms with Gasteiger partial charge in [0.2, 0.25) is 10.0 Å². The Morgan fingerprint density at radius 2 is 2.35 bits per heavy atom. The summed E-state index contributed by atoms with van der Waals surface area (Å²) < 4.78 is 27.9. The van der Waals surface area contributed by atoms with E-state index in [9.17, 15) is 13.2 Å². The molecule has 20 heavy (non-hydrogen) atoms. The molecule has 0 aliphatic rings. The molecule has 0 bridgehead atoms. The van der Waals surface area contributed by atoms with Crippen LogP contribution in [0.15, 0.2) is 35.9 Å². The Balaban J connectivity index is 2.17. The van der Waals surface area contributed by atoms with Gasteiger partial charge in [-0.1, -0.05) is 0 Å². The average molecular weight is 298 g/mol. The summed E-state index contributed by atoms with van der Waals surface area (Å²) in [6.07, 6.45) is 5.81. The van der Waals surface area contributed by atoms with Gasteiger partial charge < -0.3 is 14.7 Å². The molecule has 0 unspecified atom stereocenters. The van der Waals surface area contributed by atoms with Gasteiger partial charge in [0.25, 0.3) is 0 Å². The number of aromatic nitrogens is 3. The molecular weight excluding hydrogens is 284 g/mol. The van der Waals surface area contributed by atoms with Crippen molar-refractivity contribution in [3.8, 4) is 0 Å². The molecule has 0 spiro atoms. The van der Waals surface area contributed by atoms with E-state index in [0.717, 1.165) is 0 Å². The van der Waals surface area contributed by atoms with E-state index in [0.29, 0.717) is 5.69 Å². The van der Waals surface area contributed by atoms with Crippen LogP contribution in [0.25, 0.3) is 0 Å². The fraction of sp³-hybridized carbons (Fsp3) is 0.273. The molecule has 0 amide bonds. The summed E-state index contributed by atoms with van der Waals surface area (Å²) in [5.74, 6) is -1.25. The number of aromatic amines is 1. The summed E-state index contributed by atoms with van der Waals surface area (Å²) in [5, 5.41) is 9.12. The molecule has 2 aromatic rings. The normalized spacial score (nSPS) is 13.2. The third-order valence-electron chi connectivity index (χ3n) is 2.69. The fourth-order valence-electron chi connectivity index (χ4n) is 1.69. The van der Waals surface area contributed by atoms with E-state index in [1.54, 1.807) is 17.8 Å². The van der Waals surface area contributed by atoms with Crippen LogP contribution in [0.3, 0.4) is 0 Å². The second-order valence-corrected chi connectivity index (χ2v) is 6.02. The number of aliphatic carboxylic acids is 1. The zero-order valence-electron chi connectivity index (χ0n) is 10.6. The highest BCUT2D eigenvalue weighted by Gasteiger charge is 2.26. The lowest BCUT2D eigenvalue weighted by atomic mass is 10.2. The van der Waals surface area contributed by atoms with E-state index >= 15 is 0 Å². The van der Waals surface area contributed by atoms with Crippen molar-refractivity contribution in [3.05, 3.63) is 36.7 Å². The minimum atomic E-state index is -3.87. The van der Waals surface area contributed by atoms with Crippen molar-refractivity contribution in [1.82, 2.24) is 19.3 Å². The molecule has 1 atom stereocenters. The Bertz CT molecular complexity index is 690. The number of hydrogen-bond acceptors (Lipinski definition) is 4. The van der Waals surface area contributed by atoms with Crippen LogP contribution in [0.1, 0.15) is 5.69 Å². The summed E-state index contributed by atoms with van der Waals surface area (Å²) in [6, 6.07) is 0.137. The van der Waals surface area contributed by atoms with Crippen molar-refractivity contribution >= 4 is 16.0 Å². The van der Waals surface area contributed by atoms with Crippen LogP contribution in [0.4, 0.5) is 0 Å². The van der Waals surface area contributed by atoms with Gasteiger partial charge in [0.1, 0.15) is 6.04 Å². The SMILES string of the molecule is Cn1ccc(S(=O)(=O)N[C@H](Cc2cnc[nH]2)C(=O)O)c1. The van der Waals surface area contributed by atoms with Gasteiger partial charge in [-0.3, -0.25) is 4.79 Å². The monoisotopic (exact) mass is 298 g/mol. The van der Waals surface area contributed by atoms with Crippen molar-refractivity contribution in [1.29, 1.82) is 0 Å². The zero-order chi connectivity index (χ0) is 14.8. The summed E-state index contributed by atoms with van der Waals surface area (Å²) >= 11 is 0.